The van der Waals surface area contributed by atoms with E-state index in [1.807, 2.05) is 0 Å². The number of carbonyl (C=O) groups is 2. The first kappa shape index (κ1) is 15.4. The van der Waals surface area contributed by atoms with Crippen LogP contribution in [0.5, 0.6) is 0 Å². The minimum Gasteiger partial charge on any atom is -0.465 e. The van der Waals surface area contributed by atoms with Crippen molar-refractivity contribution in [3.05, 3.63) is 58.5 Å². The number of nitrogens with zero attached hydrogens (tertiary/aromatic N) is 1. The Morgan fingerprint density at radius 1 is 0.818 bits per heavy atom. The summed E-state index contributed by atoms with van der Waals surface area (Å²) in [6, 6.07) is 11.0. The van der Waals surface area contributed by atoms with E-state index in [1.165, 1.54) is 20.3 Å². The summed E-state index contributed by atoms with van der Waals surface area (Å²) < 4.78 is 9.37. The Morgan fingerprint density at radius 2 is 1.32 bits per heavy atom. The van der Waals surface area contributed by atoms with Gasteiger partial charge in [0.15, 0.2) is 0 Å². The van der Waals surface area contributed by atoms with Crippen molar-refractivity contribution >= 4 is 17.6 Å². The maximum Gasteiger partial charge on any atom is 0.337 e. The lowest BCUT2D eigenvalue weighted by Gasteiger charge is -2.08. The molecule has 0 aliphatic heterocycles. The number of rotatable bonds is 4. The summed E-state index contributed by atoms with van der Waals surface area (Å²) in [6.45, 7) is 0. The molecule has 112 valence electrons. The molecule has 0 radical (unpaired) electrons. The number of nitroso groups, excluding NO2 is 1. The number of esters is 2. The summed E-state index contributed by atoms with van der Waals surface area (Å²) >= 11 is 0. The van der Waals surface area contributed by atoms with Crippen LogP contribution in [0.25, 0.3) is 11.1 Å². The number of hydrogen-bond donors (Lipinski definition) is 0. The molecule has 0 saturated carbocycles. The Hall–Kier alpha value is -3.02. The molecule has 2 rings (SSSR count). The highest BCUT2D eigenvalue weighted by atomic mass is 16.5. The van der Waals surface area contributed by atoms with Gasteiger partial charge in [-0.05, 0) is 46.6 Å². The summed E-state index contributed by atoms with van der Waals surface area (Å²) in [5.41, 5.74) is 2.11. The second-order valence-electron chi connectivity index (χ2n) is 4.42. The molecule has 0 unspecified atom stereocenters. The molecule has 2 aromatic carbocycles. The van der Waals surface area contributed by atoms with E-state index in [4.69, 9.17) is 0 Å². The molecule has 6 nitrogen and oxygen atoms in total. The van der Waals surface area contributed by atoms with Crippen LogP contribution in [0.3, 0.4) is 0 Å². The number of ether oxygens (including phenoxy) is 2. The van der Waals surface area contributed by atoms with Crippen LogP contribution < -0.4 is 0 Å². The molecule has 0 N–H and O–H groups in total. The van der Waals surface area contributed by atoms with Gasteiger partial charge >= 0.3 is 11.9 Å². The van der Waals surface area contributed by atoms with Crippen molar-refractivity contribution in [2.45, 2.75) is 0 Å². The van der Waals surface area contributed by atoms with Crippen LogP contribution >= 0.6 is 0 Å². The van der Waals surface area contributed by atoms with E-state index < -0.39 is 11.9 Å². The summed E-state index contributed by atoms with van der Waals surface area (Å²) in [5.74, 6) is -1.11. The molecule has 0 fully saturated rings. The van der Waals surface area contributed by atoms with Crippen LogP contribution in [0, 0.1) is 4.91 Å². The molecule has 0 spiro atoms. The molecule has 0 amide bonds. The Kier molecular flexibility index (Phi) is 4.63. The molecule has 22 heavy (non-hydrogen) atoms. The van der Waals surface area contributed by atoms with E-state index in [2.05, 4.69) is 14.7 Å². The predicted molar refractivity (Wildman–Crippen MR) is 80.0 cm³/mol. The van der Waals surface area contributed by atoms with Gasteiger partial charge in [-0.15, -0.1) is 4.91 Å². The molecule has 0 aliphatic rings. The van der Waals surface area contributed by atoms with Crippen LogP contribution in [-0.4, -0.2) is 26.2 Å². The van der Waals surface area contributed by atoms with E-state index in [0.29, 0.717) is 11.3 Å². The van der Waals surface area contributed by atoms with Gasteiger partial charge in [0.25, 0.3) is 0 Å². The zero-order valence-electron chi connectivity index (χ0n) is 12.0. The molecule has 0 bridgehead atoms. The fourth-order valence-corrected chi connectivity index (χ4v) is 1.98. The number of hydrogen-bond acceptors (Lipinski definition) is 6. The summed E-state index contributed by atoms with van der Waals surface area (Å²) in [7, 11) is 2.52. The van der Waals surface area contributed by atoms with E-state index in [-0.39, 0.29) is 11.1 Å². The van der Waals surface area contributed by atoms with Crippen LogP contribution in [0.15, 0.2) is 47.6 Å². The SMILES string of the molecule is COC(=O)c1cc(C(=O)OC)cc(-c2ccc(N=O)cc2)c1. The number of methoxy groups -OCH3 is 2. The first-order valence-electron chi connectivity index (χ1n) is 6.34. The first-order valence-corrected chi connectivity index (χ1v) is 6.34. The smallest absolute Gasteiger partial charge is 0.337 e. The average molecular weight is 299 g/mol. The van der Waals surface area contributed by atoms with Gasteiger partial charge in [-0.1, -0.05) is 12.1 Å². The highest BCUT2D eigenvalue weighted by Gasteiger charge is 2.14. The van der Waals surface area contributed by atoms with Gasteiger partial charge in [0.2, 0.25) is 0 Å². The van der Waals surface area contributed by atoms with Crippen molar-refractivity contribution in [1.82, 2.24) is 0 Å². The highest BCUT2D eigenvalue weighted by molar-refractivity contribution is 5.97. The molecule has 0 heterocycles. The normalized spacial score (nSPS) is 9.91. The van der Waals surface area contributed by atoms with E-state index in [0.717, 1.165) is 5.56 Å². The van der Waals surface area contributed by atoms with Gasteiger partial charge in [-0.3, -0.25) is 0 Å². The van der Waals surface area contributed by atoms with Crippen molar-refractivity contribution < 1.29 is 19.1 Å². The van der Waals surface area contributed by atoms with Crippen LogP contribution in [-0.2, 0) is 9.47 Å². The van der Waals surface area contributed by atoms with Crippen molar-refractivity contribution in [3.63, 3.8) is 0 Å². The van der Waals surface area contributed by atoms with E-state index in [9.17, 15) is 14.5 Å². The number of carbonyl (C=O) groups excluding carboxylic acids is 2. The van der Waals surface area contributed by atoms with Gasteiger partial charge in [0.1, 0.15) is 5.69 Å². The standard InChI is InChI=1S/C16H13NO5/c1-21-15(18)12-7-11(8-13(9-12)16(19)22-2)10-3-5-14(17-20)6-4-10/h3-9H,1-2H3. The van der Waals surface area contributed by atoms with Crippen LogP contribution in [0.4, 0.5) is 5.69 Å². The predicted octanol–water partition coefficient (Wildman–Crippen LogP) is 3.32. The fraction of sp³-hybridized carbons (Fsp3) is 0.125. The van der Waals surface area contributed by atoms with Crippen molar-refractivity contribution in [1.29, 1.82) is 0 Å². The Bertz CT molecular complexity index is 688. The second kappa shape index (κ2) is 6.62. The molecule has 0 aromatic heterocycles. The quantitative estimate of drug-likeness (QED) is 0.639. The minimum absolute atomic E-state index is 0.234. The zero-order chi connectivity index (χ0) is 16.1. The third-order valence-corrected chi connectivity index (χ3v) is 3.08. The third-order valence-electron chi connectivity index (χ3n) is 3.08. The maximum atomic E-state index is 11.7. The lowest BCUT2D eigenvalue weighted by Crippen LogP contribution is -2.07. The van der Waals surface area contributed by atoms with Crippen LogP contribution in [0.2, 0.25) is 0 Å². The first-order chi connectivity index (χ1) is 10.6. The van der Waals surface area contributed by atoms with Crippen molar-refractivity contribution in [2.75, 3.05) is 14.2 Å². The van der Waals surface area contributed by atoms with Gasteiger partial charge < -0.3 is 9.47 Å². The number of benzene rings is 2. The average Bonchev–Trinajstić information content (AvgIpc) is 2.59. The molecule has 0 atom stereocenters. The van der Waals surface area contributed by atoms with Gasteiger partial charge in [-0.2, -0.15) is 0 Å². The summed E-state index contributed by atoms with van der Waals surface area (Å²) in [6.07, 6.45) is 0. The van der Waals surface area contributed by atoms with Crippen molar-refractivity contribution in [3.8, 4) is 11.1 Å². The van der Waals surface area contributed by atoms with E-state index in [1.54, 1.807) is 36.4 Å². The molecule has 2 aromatic rings. The molecule has 0 saturated heterocycles. The highest BCUT2D eigenvalue weighted by Crippen LogP contribution is 2.25. The van der Waals surface area contributed by atoms with E-state index >= 15 is 0 Å². The summed E-state index contributed by atoms with van der Waals surface area (Å²) in [4.78, 5) is 33.9. The Balaban J connectivity index is 2.55. The lowest BCUT2D eigenvalue weighted by molar-refractivity contribution is 0.0599. The largest absolute Gasteiger partial charge is 0.465 e. The van der Waals surface area contributed by atoms with Crippen molar-refractivity contribution in [2.24, 2.45) is 5.18 Å². The Labute approximate surface area is 126 Å². The fourth-order valence-electron chi connectivity index (χ4n) is 1.98. The van der Waals surface area contributed by atoms with Crippen LogP contribution in [0.1, 0.15) is 20.7 Å². The van der Waals surface area contributed by atoms with Gasteiger partial charge in [0, 0.05) is 0 Å². The Morgan fingerprint density at radius 3 is 1.73 bits per heavy atom. The third kappa shape index (κ3) is 3.17. The van der Waals surface area contributed by atoms with Gasteiger partial charge in [-0.25, -0.2) is 9.59 Å². The second-order valence-corrected chi connectivity index (χ2v) is 4.42. The zero-order valence-corrected chi connectivity index (χ0v) is 12.0. The lowest BCUT2D eigenvalue weighted by atomic mass is 9.99. The minimum atomic E-state index is -0.557. The molecule has 0 aliphatic carbocycles. The maximum absolute atomic E-state index is 11.7. The molecule has 6 heteroatoms. The topological polar surface area (TPSA) is 82.0 Å². The summed E-state index contributed by atoms with van der Waals surface area (Å²) in [5, 5.41) is 2.83. The monoisotopic (exact) mass is 299 g/mol. The molecular formula is C16H13NO5. The van der Waals surface area contributed by atoms with Gasteiger partial charge in [0.05, 0.1) is 25.3 Å². The molecular weight excluding hydrogens is 286 g/mol.